The zero-order chi connectivity index (χ0) is 14.9. The predicted molar refractivity (Wildman–Crippen MR) is 84.9 cm³/mol. The van der Waals surface area contributed by atoms with Gasteiger partial charge in [-0.05, 0) is 26.2 Å². The van der Waals surface area contributed by atoms with E-state index in [2.05, 4.69) is 32.5 Å². The van der Waals surface area contributed by atoms with Gasteiger partial charge in [-0.25, -0.2) is 0 Å². The fourth-order valence-electron chi connectivity index (χ4n) is 2.54. The Morgan fingerprint density at radius 2 is 1.71 bits per heavy atom. The van der Waals surface area contributed by atoms with Crippen LogP contribution in [0.3, 0.4) is 0 Å². The Bertz CT molecular complexity index is 419. The first-order valence-electron chi connectivity index (χ1n) is 8.21. The highest BCUT2D eigenvalue weighted by Gasteiger charge is 2.15. The average molecular weight is 293 g/mol. The Balaban J connectivity index is 2.06. The van der Waals surface area contributed by atoms with Crippen LogP contribution in [0.1, 0.15) is 58.8 Å². The molecular weight excluding hydrogens is 266 g/mol. The molecule has 1 saturated carbocycles. The molecule has 0 radical (unpaired) electrons. The molecule has 118 valence electrons. The number of anilines is 2. The molecule has 0 aliphatic heterocycles. The second kappa shape index (κ2) is 8.64. The monoisotopic (exact) mass is 293 g/mol. The molecule has 0 aromatic carbocycles. The highest BCUT2D eigenvalue weighted by molar-refractivity contribution is 5.36. The molecule has 2 N–H and O–H groups in total. The van der Waals surface area contributed by atoms with Crippen LogP contribution in [-0.4, -0.2) is 34.1 Å². The molecule has 0 atom stereocenters. The van der Waals surface area contributed by atoms with E-state index in [1.165, 1.54) is 38.5 Å². The number of hydrogen-bond donors (Lipinski definition) is 2. The summed E-state index contributed by atoms with van der Waals surface area (Å²) in [7, 11) is 0. The fourth-order valence-corrected chi connectivity index (χ4v) is 2.54. The zero-order valence-electron chi connectivity index (χ0n) is 13.2. The Morgan fingerprint density at radius 3 is 2.38 bits per heavy atom. The van der Waals surface area contributed by atoms with Gasteiger partial charge >= 0.3 is 6.01 Å². The summed E-state index contributed by atoms with van der Waals surface area (Å²) in [6, 6.07) is 0.852. The molecule has 0 unspecified atom stereocenters. The highest BCUT2D eigenvalue weighted by Crippen LogP contribution is 2.21. The number of rotatable bonds is 7. The molecule has 6 nitrogen and oxygen atoms in total. The molecule has 1 aromatic heterocycles. The number of hydrogen-bond acceptors (Lipinski definition) is 6. The molecule has 1 heterocycles. The molecule has 21 heavy (non-hydrogen) atoms. The SMILES string of the molecule is CCCNc1nc(NC2CCCCCC2)nc(OCC)n1. The van der Waals surface area contributed by atoms with Crippen molar-refractivity contribution in [2.24, 2.45) is 0 Å². The summed E-state index contributed by atoms with van der Waals surface area (Å²) in [5.74, 6) is 1.21. The van der Waals surface area contributed by atoms with Crippen LogP contribution in [-0.2, 0) is 0 Å². The summed E-state index contributed by atoms with van der Waals surface area (Å²) < 4.78 is 5.44. The van der Waals surface area contributed by atoms with Gasteiger partial charge in [0.05, 0.1) is 6.61 Å². The van der Waals surface area contributed by atoms with Crippen molar-refractivity contribution < 1.29 is 4.74 Å². The molecule has 2 rings (SSSR count). The lowest BCUT2D eigenvalue weighted by Gasteiger charge is -2.17. The lowest BCUT2D eigenvalue weighted by molar-refractivity contribution is 0.312. The van der Waals surface area contributed by atoms with Crippen LogP contribution in [0.15, 0.2) is 0 Å². The Hall–Kier alpha value is -1.59. The van der Waals surface area contributed by atoms with Gasteiger partial charge < -0.3 is 15.4 Å². The third-order valence-corrected chi connectivity index (χ3v) is 3.61. The first-order chi connectivity index (χ1) is 10.3. The molecule has 6 heteroatoms. The topological polar surface area (TPSA) is 72.0 Å². The van der Waals surface area contributed by atoms with Gasteiger partial charge in [-0.1, -0.05) is 32.6 Å². The Kier molecular flexibility index (Phi) is 6.50. The average Bonchev–Trinajstić information content (AvgIpc) is 2.74. The predicted octanol–water partition coefficient (Wildman–Crippen LogP) is 3.23. The lowest BCUT2D eigenvalue weighted by Crippen LogP contribution is -2.21. The van der Waals surface area contributed by atoms with E-state index in [0.29, 0.717) is 30.6 Å². The van der Waals surface area contributed by atoms with Crippen LogP contribution in [0, 0.1) is 0 Å². The highest BCUT2D eigenvalue weighted by atomic mass is 16.5. The lowest BCUT2D eigenvalue weighted by atomic mass is 10.1. The molecule has 0 saturated heterocycles. The van der Waals surface area contributed by atoms with E-state index in [4.69, 9.17) is 4.74 Å². The molecule has 0 bridgehead atoms. The van der Waals surface area contributed by atoms with Crippen LogP contribution < -0.4 is 15.4 Å². The molecule has 1 aliphatic rings. The molecule has 0 amide bonds. The van der Waals surface area contributed by atoms with Crippen molar-refractivity contribution in [1.29, 1.82) is 0 Å². The number of nitrogens with zero attached hydrogens (tertiary/aromatic N) is 3. The van der Waals surface area contributed by atoms with Gasteiger partial charge in [0.1, 0.15) is 0 Å². The molecule has 1 aliphatic carbocycles. The summed E-state index contributed by atoms with van der Waals surface area (Å²) in [4.78, 5) is 13.1. The smallest absolute Gasteiger partial charge is 0.323 e. The molecule has 0 spiro atoms. The van der Waals surface area contributed by atoms with E-state index in [9.17, 15) is 0 Å². The van der Waals surface area contributed by atoms with Gasteiger partial charge in [-0.2, -0.15) is 15.0 Å². The van der Waals surface area contributed by atoms with E-state index >= 15 is 0 Å². The minimum absolute atomic E-state index is 0.391. The minimum atomic E-state index is 0.391. The van der Waals surface area contributed by atoms with E-state index in [1.807, 2.05) is 6.92 Å². The fraction of sp³-hybridized carbons (Fsp3) is 0.800. The van der Waals surface area contributed by atoms with E-state index < -0.39 is 0 Å². The van der Waals surface area contributed by atoms with Crippen LogP contribution in [0.2, 0.25) is 0 Å². The van der Waals surface area contributed by atoms with Gasteiger partial charge in [0.25, 0.3) is 0 Å². The van der Waals surface area contributed by atoms with Crippen LogP contribution in [0.5, 0.6) is 6.01 Å². The Morgan fingerprint density at radius 1 is 1.00 bits per heavy atom. The van der Waals surface area contributed by atoms with Crippen molar-refractivity contribution in [3.63, 3.8) is 0 Å². The molecule has 1 aromatic rings. The first-order valence-corrected chi connectivity index (χ1v) is 8.21. The van der Waals surface area contributed by atoms with Gasteiger partial charge in [-0.15, -0.1) is 0 Å². The maximum absolute atomic E-state index is 5.44. The number of nitrogens with one attached hydrogen (secondary N) is 2. The van der Waals surface area contributed by atoms with Crippen LogP contribution >= 0.6 is 0 Å². The summed E-state index contributed by atoms with van der Waals surface area (Å²) in [6.45, 7) is 5.45. The number of aromatic nitrogens is 3. The van der Waals surface area contributed by atoms with Gasteiger partial charge in [0, 0.05) is 12.6 Å². The van der Waals surface area contributed by atoms with Crippen molar-refractivity contribution in [3.05, 3.63) is 0 Å². The standard InChI is InChI=1S/C15H27N5O/c1-3-11-16-13-18-14(20-15(19-13)21-4-2)17-12-9-7-5-6-8-10-12/h12H,3-11H2,1-2H3,(H2,16,17,18,19,20). The molecule has 1 fully saturated rings. The number of ether oxygens (including phenoxy) is 1. The van der Waals surface area contributed by atoms with E-state index in [-0.39, 0.29) is 0 Å². The normalized spacial score (nSPS) is 16.3. The minimum Gasteiger partial charge on any atom is -0.464 e. The van der Waals surface area contributed by atoms with Crippen molar-refractivity contribution >= 4 is 11.9 Å². The second-order valence-corrected chi connectivity index (χ2v) is 5.46. The summed E-state index contributed by atoms with van der Waals surface area (Å²) in [5.41, 5.74) is 0. The maximum atomic E-state index is 5.44. The van der Waals surface area contributed by atoms with Crippen molar-refractivity contribution in [1.82, 2.24) is 15.0 Å². The third-order valence-electron chi connectivity index (χ3n) is 3.61. The summed E-state index contributed by atoms with van der Waals surface area (Å²) >= 11 is 0. The van der Waals surface area contributed by atoms with Gasteiger partial charge in [0.2, 0.25) is 11.9 Å². The molecular formula is C15H27N5O. The maximum Gasteiger partial charge on any atom is 0.323 e. The van der Waals surface area contributed by atoms with Crippen molar-refractivity contribution in [2.75, 3.05) is 23.8 Å². The van der Waals surface area contributed by atoms with Crippen molar-refractivity contribution in [2.45, 2.75) is 64.8 Å². The Labute approximate surface area is 127 Å². The van der Waals surface area contributed by atoms with Crippen LogP contribution in [0.4, 0.5) is 11.9 Å². The van der Waals surface area contributed by atoms with Gasteiger partial charge in [0.15, 0.2) is 0 Å². The third kappa shape index (κ3) is 5.36. The summed E-state index contributed by atoms with van der Waals surface area (Å²) in [6.07, 6.45) is 8.64. The van der Waals surface area contributed by atoms with E-state index in [1.54, 1.807) is 0 Å². The zero-order valence-corrected chi connectivity index (χ0v) is 13.2. The quantitative estimate of drug-likeness (QED) is 0.752. The van der Waals surface area contributed by atoms with Crippen molar-refractivity contribution in [3.8, 4) is 6.01 Å². The first kappa shape index (κ1) is 15.8. The largest absolute Gasteiger partial charge is 0.464 e. The van der Waals surface area contributed by atoms with Crippen LogP contribution in [0.25, 0.3) is 0 Å². The van der Waals surface area contributed by atoms with Gasteiger partial charge in [-0.3, -0.25) is 0 Å². The summed E-state index contributed by atoms with van der Waals surface area (Å²) in [5, 5.41) is 6.66. The second-order valence-electron chi connectivity index (χ2n) is 5.46. The van der Waals surface area contributed by atoms with E-state index in [0.717, 1.165) is 13.0 Å².